The van der Waals surface area contributed by atoms with Crippen LogP contribution in [0.2, 0.25) is 0 Å². The van der Waals surface area contributed by atoms with Gasteiger partial charge in [0.25, 0.3) is 6.29 Å². The minimum atomic E-state index is -1.83. The molecule has 1 atom stereocenters. The fraction of sp³-hybridized carbons (Fsp3) is 0.500. The van der Waals surface area contributed by atoms with Crippen LogP contribution in [0.3, 0.4) is 0 Å². The van der Waals surface area contributed by atoms with Crippen LogP contribution in [0.5, 0.6) is 0 Å². The largest absolute Gasteiger partial charge is 0.422 e. The second-order valence-electron chi connectivity index (χ2n) is 1.92. The number of aliphatic hydroxyl groups excluding tert-OH is 1. The Bertz CT molecular complexity index is 195. The first kappa shape index (κ1) is 9.77. The normalized spacial score (nSPS) is 11.9. The smallest absolute Gasteiger partial charge is 0.376 e. The molecule has 0 rings (SSSR count). The molecule has 0 heterocycles. The summed E-state index contributed by atoms with van der Waals surface area (Å²) in [5.41, 5.74) is 0. The van der Waals surface area contributed by atoms with E-state index in [1.54, 1.807) is 0 Å². The predicted octanol–water partition coefficient (Wildman–Crippen LogP) is -0.974. The summed E-state index contributed by atoms with van der Waals surface area (Å²) in [6.45, 7) is 2.02. The van der Waals surface area contributed by atoms with Crippen LogP contribution < -0.4 is 0 Å². The summed E-state index contributed by atoms with van der Waals surface area (Å²) in [6, 6.07) is 0. The maximum atomic E-state index is 10.4. The molecule has 1 N–H and O–H groups in total. The molecule has 0 aromatic carbocycles. The first-order chi connectivity index (χ1) is 4.95. The van der Waals surface area contributed by atoms with Crippen LogP contribution >= 0.6 is 0 Å². The van der Waals surface area contributed by atoms with Crippen molar-refractivity contribution in [2.75, 3.05) is 0 Å². The van der Waals surface area contributed by atoms with E-state index in [1.165, 1.54) is 0 Å². The lowest BCUT2D eigenvalue weighted by Gasteiger charge is -2.05. The van der Waals surface area contributed by atoms with E-state index in [-0.39, 0.29) is 0 Å². The average molecular weight is 160 g/mol. The summed E-state index contributed by atoms with van der Waals surface area (Å²) < 4.78 is 3.99. The summed E-state index contributed by atoms with van der Waals surface area (Å²) in [4.78, 5) is 30.8. The summed E-state index contributed by atoms with van der Waals surface area (Å²) in [6.07, 6.45) is -1.83. The molecular formula is C6H8O5. The number of aliphatic hydroxyl groups is 1. The molecule has 0 aromatic heterocycles. The standard InChI is InChI=1S/C6H8O5/c1-3(7)5(9)11-6(10)4(2)8/h5,9H,1-2H3. The van der Waals surface area contributed by atoms with Gasteiger partial charge in [-0.1, -0.05) is 0 Å². The van der Waals surface area contributed by atoms with E-state index in [1.807, 2.05) is 0 Å². The lowest BCUT2D eigenvalue weighted by molar-refractivity contribution is -0.176. The second-order valence-corrected chi connectivity index (χ2v) is 1.92. The van der Waals surface area contributed by atoms with Gasteiger partial charge in [0, 0.05) is 13.8 Å². The number of carbonyl (C=O) groups excluding carboxylic acids is 3. The van der Waals surface area contributed by atoms with Gasteiger partial charge in [-0.15, -0.1) is 0 Å². The number of ketones is 2. The monoisotopic (exact) mass is 160 g/mol. The van der Waals surface area contributed by atoms with Gasteiger partial charge in [-0.3, -0.25) is 9.59 Å². The molecule has 1 unspecified atom stereocenters. The van der Waals surface area contributed by atoms with Gasteiger partial charge in [-0.05, 0) is 0 Å². The Balaban J connectivity index is 3.95. The second kappa shape index (κ2) is 3.82. The Morgan fingerprint density at radius 1 is 1.27 bits per heavy atom. The van der Waals surface area contributed by atoms with E-state index in [0.717, 1.165) is 13.8 Å². The number of esters is 1. The van der Waals surface area contributed by atoms with Crippen LogP contribution in [-0.4, -0.2) is 28.9 Å². The highest BCUT2D eigenvalue weighted by Crippen LogP contribution is 1.90. The molecule has 0 fully saturated rings. The Morgan fingerprint density at radius 2 is 1.73 bits per heavy atom. The molecule has 0 saturated carbocycles. The average Bonchev–Trinajstić information content (AvgIpc) is 1.87. The minimum Gasteiger partial charge on any atom is -0.422 e. The molecule has 11 heavy (non-hydrogen) atoms. The predicted molar refractivity (Wildman–Crippen MR) is 33.5 cm³/mol. The summed E-state index contributed by atoms with van der Waals surface area (Å²) >= 11 is 0. The topological polar surface area (TPSA) is 80.7 Å². The lowest BCUT2D eigenvalue weighted by Crippen LogP contribution is -2.27. The summed E-state index contributed by atoms with van der Waals surface area (Å²) in [7, 11) is 0. The van der Waals surface area contributed by atoms with Crippen molar-refractivity contribution < 1.29 is 24.2 Å². The van der Waals surface area contributed by atoms with Gasteiger partial charge in [0.05, 0.1) is 0 Å². The Morgan fingerprint density at radius 3 is 2.00 bits per heavy atom. The molecule has 62 valence electrons. The molecule has 0 aliphatic rings. The molecule has 0 spiro atoms. The van der Waals surface area contributed by atoms with Crippen molar-refractivity contribution in [2.45, 2.75) is 20.1 Å². The highest BCUT2D eigenvalue weighted by molar-refractivity contribution is 6.32. The van der Waals surface area contributed by atoms with Crippen LogP contribution in [0.4, 0.5) is 0 Å². The van der Waals surface area contributed by atoms with Crippen molar-refractivity contribution in [3.8, 4) is 0 Å². The highest BCUT2D eigenvalue weighted by Gasteiger charge is 2.18. The van der Waals surface area contributed by atoms with Crippen LogP contribution in [0.1, 0.15) is 13.8 Å². The molecule has 5 heteroatoms. The SMILES string of the molecule is CC(=O)C(=O)OC(O)C(C)=O. The third-order valence-corrected chi connectivity index (χ3v) is 0.854. The van der Waals surface area contributed by atoms with E-state index < -0.39 is 23.8 Å². The lowest BCUT2D eigenvalue weighted by atomic mass is 10.4. The third-order valence-electron chi connectivity index (χ3n) is 0.854. The highest BCUT2D eigenvalue weighted by atomic mass is 16.6. The Labute approximate surface area is 63.0 Å². The van der Waals surface area contributed by atoms with Gasteiger partial charge in [0.2, 0.25) is 5.78 Å². The van der Waals surface area contributed by atoms with Crippen molar-refractivity contribution in [1.29, 1.82) is 0 Å². The first-order valence-corrected chi connectivity index (χ1v) is 2.85. The third kappa shape index (κ3) is 3.47. The zero-order chi connectivity index (χ0) is 9.02. The maximum absolute atomic E-state index is 10.4. The van der Waals surface area contributed by atoms with Gasteiger partial charge in [-0.25, -0.2) is 4.79 Å². The van der Waals surface area contributed by atoms with Crippen molar-refractivity contribution >= 4 is 17.5 Å². The van der Waals surface area contributed by atoms with Gasteiger partial charge in [-0.2, -0.15) is 0 Å². The number of hydrogen-bond donors (Lipinski definition) is 1. The Kier molecular flexibility index (Phi) is 3.39. The van der Waals surface area contributed by atoms with Crippen molar-refractivity contribution in [2.24, 2.45) is 0 Å². The van der Waals surface area contributed by atoms with E-state index >= 15 is 0 Å². The number of hydrogen-bond acceptors (Lipinski definition) is 5. The maximum Gasteiger partial charge on any atom is 0.376 e. The molecule has 5 nitrogen and oxygen atoms in total. The first-order valence-electron chi connectivity index (χ1n) is 2.85. The zero-order valence-electron chi connectivity index (χ0n) is 6.16. The quantitative estimate of drug-likeness (QED) is 0.326. The van der Waals surface area contributed by atoms with E-state index in [4.69, 9.17) is 5.11 Å². The number of Topliss-reactive ketones (excluding diaryl/α,β-unsaturated/α-hetero) is 2. The van der Waals surface area contributed by atoms with Gasteiger partial charge in [0.1, 0.15) is 0 Å². The molecule has 0 amide bonds. The van der Waals surface area contributed by atoms with Crippen molar-refractivity contribution in [1.82, 2.24) is 0 Å². The minimum absolute atomic E-state index is 0.723. The number of carbonyl (C=O) groups is 3. The molecule has 0 radical (unpaired) electrons. The molecule has 0 bridgehead atoms. The molecule has 0 aliphatic heterocycles. The Hall–Kier alpha value is -1.23. The van der Waals surface area contributed by atoms with E-state index in [2.05, 4.69) is 4.74 Å². The van der Waals surface area contributed by atoms with Crippen LogP contribution in [0.25, 0.3) is 0 Å². The van der Waals surface area contributed by atoms with E-state index in [0.29, 0.717) is 0 Å². The van der Waals surface area contributed by atoms with Gasteiger partial charge < -0.3 is 9.84 Å². The van der Waals surface area contributed by atoms with Crippen LogP contribution in [0.15, 0.2) is 0 Å². The summed E-state index contributed by atoms with van der Waals surface area (Å²) in [5.74, 6) is -2.79. The molecule has 0 aromatic rings. The van der Waals surface area contributed by atoms with Crippen LogP contribution in [0, 0.1) is 0 Å². The molecular weight excluding hydrogens is 152 g/mol. The zero-order valence-corrected chi connectivity index (χ0v) is 6.16. The van der Waals surface area contributed by atoms with Crippen LogP contribution in [-0.2, 0) is 19.1 Å². The summed E-state index contributed by atoms with van der Waals surface area (Å²) in [5, 5.41) is 8.60. The van der Waals surface area contributed by atoms with Gasteiger partial charge >= 0.3 is 5.97 Å². The van der Waals surface area contributed by atoms with Gasteiger partial charge in [0.15, 0.2) is 5.78 Å². The van der Waals surface area contributed by atoms with E-state index in [9.17, 15) is 14.4 Å². The number of ether oxygens (including phenoxy) is 1. The fourth-order valence-electron chi connectivity index (χ4n) is 0.267. The van der Waals surface area contributed by atoms with Crippen molar-refractivity contribution in [3.63, 3.8) is 0 Å². The van der Waals surface area contributed by atoms with Crippen molar-refractivity contribution in [3.05, 3.63) is 0 Å². The fourth-order valence-corrected chi connectivity index (χ4v) is 0.267. The molecule has 0 saturated heterocycles. The molecule has 0 aliphatic carbocycles. The number of rotatable bonds is 3.